The molecule has 0 saturated carbocycles. The summed E-state index contributed by atoms with van der Waals surface area (Å²) >= 11 is 0. The number of Topliss-reactive ketones (excluding diaryl/α,β-unsaturated/α-hetero) is 1. The first kappa shape index (κ1) is 29.9. The third-order valence-corrected chi connectivity index (χ3v) is 7.82. The van der Waals surface area contributed by atoms with Gasteiger partial charge in [-0.15, -0.1) is 0 Å². The molecule has 41 heavy (non-hydrogen) atoms. The van der Waals surface area contributed by atoms with E-state index < -0.39 is 17.7 Å². The van der Waals surface area contributed by atoms with Gasteiger partial charge in [0.1, 0.15) is 11.5 Å². The zero-order valence-corrected chi connectivity index (χ0v) is 25.3. The van der Waals surface area contributed by atoms with Crippen molar-refractivity contribution in [3.05, 3.63) is 94.6 Å². The quantitative estimate of drug-likeness (QED) is 0.157. The summed E-state index contributed by atoms with van der Waals surface area (Å²) < 4.78 is 5.81. The topological polar surface area (TPSA) is 70.1 Å². The Balaban J connectivity index is 1.90. The van der Waals surface area contributed by atoms with Crippen molar-refractivity contribution in [1.82, 2.24) is 0 Å². The number of nitrogens with zero attached hydrogens (tertiary/aromatic N) is 2. The predicted octanol–water partition coefficient (Wildman–Crippen LogP) is 7.80. The molecule has 3 aromatic rings. The van der Waals surface area contributed by atoms with E-state index in [0.29, 0.717) is 23.8 Å². The molecule has 1 aliphatic heterocycles. The molecule has 0 aliphatic carbocycles. The summed E-state index contributed by atoms with van der Waals surface area (Å²) in [5.74, 6) is -0.335. The lowest BCUT2D eigenvalue weighted by molar-refractivity contribution is -0.132. The number of aliphatic hydroxyl groups is 1. The lowest BCUT2D eigenvalue weighted by Gasteiger charge is -2.27. The van der Waals surface area contributed by atoms with Crippen LogP contribution in [0, 0.1) is 0 Å². The molecule has 1 fully saturated rings. The molecule has 1 heterocycles. The summed E-state index contributed by atoms with van der Waals surface area (Å²) in [5, 5.41) is 11.7. The highest BCUT2D eigenvalue weighted by molar-refractivity contribution is 6.51. The lowest BCUT2D eigenvalue weighted by Crippen LogP contribution is -2.29. The molecule has 0 bridgehead atoms. The van der Waals surface area contributed by atoms with Gasteiger partial charge in [-0.3, -0.25) is 14.5 Å². The second kappa shape index (κ2) is 12.6. The maximum atomic E-state index is 13.7. The number of aliphatic hydroxyl groups excluding tert-OH is 1. The lowest BCUT2D eigenvalue weighted by atomic mass is 9.93. The third-order valence-electron chi connectivity index (χ3n) is 7.82. The van der Waals surface area contributed by atoms with Crippen LogP contribution in [0.25, 0.3) is 5.76 Å². The number of benzene rings is 3. The number of anilines is 2. The predicted molar refractivity (Wildman–Crippen MR) is 167 cm³/mol. The Bertz CT molecular complexity index is 1420. The van der Waals surface area contributed by atoms with Gasteiger partial charge in [0.05, 0.1) is 18.2 Å². The van der Waals surface area contributed by atoms with Crippen molar-refractivity contribution in [3.63, 3.8) is 0 Å². The Morgan fingerprint density at radius 2 is 1.51 bits per heavy atom. The SMILES string of the molecule is CCOc1ccc(/C(O)=C2/C(=O)C(=O)N(c3ccc(C(C)C)cc3)C2c2ccc(N(CC)CC)cc2)cc1C(C)C. The number of carbonyl (C=O) groups is 2. The number of rotatable bonds is 10. The van der Waals surface area contributed by atoms with Gasteiger partial charge in [-0.05, 0) is 91.8 Å². The molecule has 1 aliphatic rings. The number of ketones is 1. The molecular weight excluding hydrogens is 512 g/mol. The summed E-state index contributed by atoms with van der Waals surface area (Å²) in [6, 6.07) is 20.3. The molecular formula is C35H42N2O4. The maximum absolute atomic E-state index is 13.7. The molecule has 0 radical (unpaired) electrons. The van der Waals surface area contributed by atoms with Crippen LogP contribution >= 0.6 is 0 Å². The zero-order valence-electron chi connectivity index (χ0n) is 25.3. The Morgan fingerprint density at radius 3 is 2.05 bits per heavy atom. The first-order chi connectivity index (χ1) is 19.6. The van der Waals surface area contributed by atoms with E-state index in [-0.39, 0.29) is 17.3 Å². The van der Waals surface area contributed by atoms with E-state index in [2.05, 4.69) is 46.4 Å². The Hall–Kier alpha value is -4.06. The summed E-state index contributed by atoms with van der Waals surface area (Å²) in [6.45, 7) is 16.7. The van der Waals surface area contributed by atoms with Gasteiger partial charge >= 0.3 is 0 Å². The number of hydrogen-bond donors (Lipinski definition) is 1. The highest BCUT2D eigenvalue weighted by Crippen LogP contribution is 2.43. The highest BCUT2D eigenvalue weighted by Gasteiger charge is 2.47. The first-order valence-electron chi connectivity index (χ1n) is 14.7. The average molecular weight is 555 g/mol. The average Bonchev–Trinajstić information content (AvgIpc) is 3.23. The molecule has 6 heteroatoms. The fraction of sp³-hybridized carbons (Fsp3) is 0.371. The van der Waals surface area contributed by atoms with Gasteiger partial charge in [0.15, 0.2) is 0 Å². The molecule has 216 valence electrons. The second-order valence-electron chi connectivity index (χ2n) is 11.0. The van der Waals surface area contributed by atoms with Crippen LogP contribution < -0.4 is 14.5 Å². The minimum atomic E-state index is -0.778. The van der Waals surface area contributed by atoms with Gasteiger partial charge < -0.3 is 14.7 Å². The molecule has 3 aromatic carbocycles. The third kappa shape index (κ3) is 5.88. The van der Waals surface area contributed by atoms with Crippen molar-refractivity contribution in [2.75, 3.05) is 29.5 Å². The van der Waals surface area contributed by atoms with Crippen molar-refractivity contribution in [3.8, 4) is 5.75 Å². The van der Waals surface area contributed by atoms with Gasteiger partial charge in [-0.1, -0.05) is 52.0 Å². The van der Waals surface area contributed by atoms with Crippen molar-refractivity contribution in [2.24, 2.45) is 0 Å². The fourth-order valence-corrected chi connectivity index (χ4v) is 5.48. The van der Waals surface area contributed by atoms with Crippen LogP contribution in [0.3, 0.4) is 0 Å². The standard InChI is InChI=1S/C35H42N2O4/c1-8-36(9-2)27-16-13-25(14-17-27)32-31(33(38)26-15-20-30(41-10-3)29(21-26)23(6)7)34(39)35(40)37(32)28-18-11-24(12-19-28)22(4)5/h11-23,32,38H,8-10H2,1-7H3/b33-31-. The molecule has 1 N–H and O–H groups in total. The van der Waals surface area contributed by atoms with Gasteiger partial charge in [0.2, 0.25) is 0 Å². The number of hydrogen-bond acceptors (Lipinski definition) is 5. The van der Waals surface area contributed by atoms with Gasteiger partial charge in [0.25, 0.3) is 11.7 Å². The van der Waals surface area contributed by atoms with E-state index in [0.717, 1.165) is 41.2 Å². The molecule has 0 spiro atoms. The van der Waals surface area contributed by atoms with Gasteiger partial charge in [-0.2, -0.15) is 0 Å². The Labute approximate surface area is 244 Å². The highest BCUT2D eigenvalue weighted by atomic mass is 16.5. The first-order valence-corrected chi connectivity index (χ1v) is 14.7. The maximum Gasteiger partial charge on any atom is 0.300 e. The van der Waals surface area contributed by atoms with Crippen LogP contribution in [-0.2, 0) is 9.59 Å². The van der Waals surface area contributed by atoms with Crippen molar-refractivity contribution in [1.29, 1.82) is 0 Å². The van der Waals surface area contributed by atoms with E-state index in [1.165, 1.54) is 4.90 Å². The molecule has 4 rings (SSSR count). The zero-order chi connectivity index (χ0) is 29.8. The van der Waals surface area contributed by atoms with Crippen LogP contribution in [0.2, 0.25) is 0 Å². The van der Waals surface area contributed by atoms with Crippen LogP contribution in [0.5, 0.6) is 5.75 Å². The minimum Gasteiger partial charge on any atom is -0.507 e. The van der Waals surface area contributed by atoms with Crippen LogP contribution in [0.1, 0.15) is 88.6 Å². The summed E-state index contributed by atoms with van der Waals surface area (Å²) in [7, 11) is 0. The van der Waals surface area contributed by atoms with E-state index in [9.17, 15) is 14.7 Å². The van der Waals surface area contributed by atoms with Gasteiger partial charge in [0, 0.05) is 30.0 Å². The second-order valence-corrected chi connectivity index (χ2v) is 11.0. The molecule has 1 saturated heterocycles. The van der Waals surface area contributed by atoms with Crippen molar-refractivity contribution in [2.45, 2.75) is 66.3 Å². The number of ether oxygens (including phenoxy) is 1. The van der Waals surface area contributed by atoms with Crippen LogP contribution in [-0.4, -0.2) is 36.5 Å². The molecule has 1 unspecified atom stereocenters. The Kier molecular flexibility index (Phi) is 9.21. The van der Waals surface area contributed by atoms with Crippen molar-refractivity contribution >= 4 is 28.8 Å². The van der Waals surface area contributed by atoms with Crippen molar-refractivity contribution < 1.29 is 19.4 Å². The normalized spacial score (nSPS) is 16.6. The fourth-order valence-electron chi connectivity index (χ4n) is 5.48. The van der Waals surface area contributed by atoms with Crippen LogP contribution in [0.4, 0.5) is 11.4 Å². The minimum absolute atomic E-state index is 0.0809. The number of carbonyl (C=O) groups excluding carboxylic acids is 2. The molecule has 1 amide bonds. The van der Waals surface area contributed by atoms with E-state index in [4.69, 9.17) is 4.74 Å². The molecule has 6 nitrogen and oxygen atoms in total. The monoisotopic (exact) mass is 554 g/mol. The van der Waals surface area contributed by atoms with Gasteiger partial charge in [-0.25, -0.2) is 0 Å². The van der Waals surface area contributed by atoms with E-state index >= 15 is 0 Å². The Morgan fingerprint density at radius 1 is 0.878 bits per heavy atom. The van der Waals surface area contributed by atoms with E-state index in [1.54, 1.807) is 6.07 Å². The van der Waals surface area contributed by atoms with E-state index in [1.807, 2.05) is 67.6 Å². The van der Waals surface area contributed by atoms with Crippen LogP contribution in [0.15, 0.2) is 72.3 Å². The summed E-state index contributed by atoms with van der Waals surface area (Å²) in [6.07, 6.45) is 0. The summed E-state index contributed by atoms with van der Waals surface area (Å²) in [4.78, 5) is 31.1. The molecule has 1 atom stereocenters. The smallest absolute Gasteiger partial charge is 0.300 e. The summed E-state index contributed by atoms with van der Waals surface area (Å²) in [5.41, 5.74) is 5.06. The largest absolute Gasteiger partial charge is 0.507 e. The number of amides is 1. The molecule has 0 aromatic heterocycles.